The zero-order valence-electron chi connectivity index (χ0n) is 14.2. The molecule has 0 aliphatic carbocycles. The molecule has 1 aliphatic rings. The second kappa shape index (κ2) is 7.42. The standard InChI is InChI=1S/C18H23N3O2S/c1-3-20-8-10-21(11-9-20)12-14-6-4-5-7-15(14)17-19-13(2)16(24-17)18(22)23/h4-7H,3,8-12H2,1-2H3,(H,22,23). The van der Waals surface area contributed by atoms with E-state index >= 15 is 0 Å². The second-order valence-corrected chi connectivity index (χ2v) is 7.11. The van der Waals surface area contributed by atoms with Crippen LogP contribution < -0.4 is 0 Å². The van der Waals surface area contributed by atoms with Gasteiger partial charge in [0, 0.05) is 38.3 Å². The first kappa shape index (κ1) is 17.1. The predicted molar refractivity (Wildman–Crippen MR) is 96.6 cm³/mol. The van der Waals surface area contributed by atoms with Gasteiger partial charge in [-0.15, -0.1) is 11.3 Å². The molecule has 0 saturated carbocycles. The SMILES string of the molecule is CCN1CCN(Cc2ccccc2-c2nc(C)c(C(=O)O)s2)CC1. The number of nitrogens with zero attached hydrogens (tertiary/aromatic N) is 3. The first-order valence-corrected chi connectivity index (χ1v) is 9.14. The maximum atomic E-state index is 11.3. The van der Waals surface area contributed by atoms with Crippen LogP contribution in [0.25, 0.3) is 10.6 Å². The van der Waals surface area contributed by atoms with Gasteiger partial charge in [0.15, 0.2) is 0 Å². The minimum Gasteiger partial charge on any atom is -0.477 e. The zero-order valence-corrected chi connectivity index (χ0v) is 15.0. The molecule has 128 valence electrons. The Balaban J connectivity index is 1.81. The molecule has 6 heteroatoms. The van der Waals surface area contributed by atoms with Gasteiger partial charge in [-0.1, -0.05) is 31.2 Å². The number of hydrogen-bond donors (Lipinski definition) is 1. The first-order chi connectivity index (χ1) is 11.6. The van der Waals surface area contributed by atoms with Gasteiger partial charge >= 0.3 is 5.97 Å². The van der Waals surface area contributed by atoms with Crippen LogP contribution in [0.5, 0.6) is 0 Å². The lowest BCUT2D eigenvalue weighted by atomic mass is 10.1. The van der Waals surface area contributed by atoms with Crippen molar-refractivity contribution in [1.82, 2.24) is 14.8 Å². The van der Waals surface area contributed by atoms with E-state index in [4.69, 9.17) is 0 Å². The van der Waals surface area contributed by atoms with Gasteiger partial charge in [0.1, 0.15) is 9.88 Å². The summed E-state index contributed by atoms with van der Waals surface area (Å²) in [7, 11) is 0. The molecule has 1 saturated heterocycles. The van der Waals surface area contributed by atoms with E-state index in [1.807, 2.05) is 18.2 Å². The molecule has 0 bridgehead atoms. The fourth-order valence-electron chi connectivity index (χ4n) is 3.08. The third kappa shape index (κ3) is 3.66. The van der Waals surface area contributed by atoms with E-state index in [1.165, 1.54) is 16.9 Å². The van der Waals surface area contributed by atoms with Crippen molar-refractivity contribution in [2.45, 2.75) is 20.4 Å². The number of aryl methyl sites for hydroxylation is 1. The lowest BCUT2D eigenvalue weighted by Crippen LogP contribution is -2.45. The normalized spacial score (nSPS) is 16.4. The molecule has 0 spiro atoms. The number of likely N-dealkylation sites (N-methyl/N-ethyl adjacent to an activating group) is 1. The highest BCUT2D eigenvalue weighted by Gasteiger charge is 2.19. The summed E-state index contributed by atoms with van der Waals surface area (Å²) in [4.78, 5) is 21.0. The van der Waals surface area contributed by atoms with Crippen LogP contribution in [0, 0.1) is 6.92 Å². The van der Waals surface area contributed by atoms with E-state index in [0.717, 1.165) is 49.8 Å². The quantitative estimate of drug-likeness (QED) is 0.903. The average molecular weight is 345 g/mol. The van der Waals surface area contributed by atoms with Crippen LogP contribution in [0.3, 0.4) is 0 Å². The van der Waals surface area contributed by atoms with Crippen molar-refractivity contribution in [3.63, 3.8) is 0 Å². The van der Waals surface area contributed by atoms with Gasteiger partial charge in [-0.25, -0.2) is 9.78 Å². The van der Waals surface area contributed by atoms with Gasteiger partial charge in [-0.2, -0.15) is 0 Å². The molecule has 2 heterocycles. The zero-order chi connectivity index (χ0) is 17.1. The Labute approximate surface area is 146 Å². The Kier molecular flexibility index (Phi) is 5.28. The highest BCUT2D eigenvalue weighted by molar-refractivity contribution is 7.17. The van der Waals surface area contributed by atoms with E-state index in [9.17, 15) is 9.90 Å². The maximum absolute atomic E-state index is 11.3. The van der Waals surface area contributed by atoms with Crippen LogP contribution >= 0.6 is 11.3 Å². The van der Waals surface area contributed by atoms with E-state index in [2.05, 4.69) is 27.8 Å². The molecule has 0 atom stereocenters. The first-order valence-electron chi connectivity index (χ1n) is 8.32. The smallest absolute Gasteiger partial charge is 0.347 e. The summed E-state index contributed by atoms with van der Waals surface area (Å²) in [6.07, 6.45) is 0. The fourth-order valence-corrected chi connectivity index (χ4v) is 4.05. The maximum Gasteiger partial charge on any atom is 0.347 e. The summed E-state index contributed by atoms with van der Waals surface area (Å²) in [5, 5.41) is 10.1. The molecule has 1 N–H and O–H groups in total. The second-order valence-electron chi connectivity index (χ2n) is 6.11. The highest BCUT2D eigenvalue weighted by atomic mass is 32.1. The number of carboxylic acids is 1. The van der Waals surface area contributed by atoms with Crippen molar-refractivity contribution < 1.29 is 9.90 Å². The summed E-state index contributed by atoms with van der Waals surface area (Å²) < 4.78 is 0. The number of carboxylic acid groups (broad SMARTS) is 1. The van der Waals surface area contributed by atoms with Crippen molar-refractivity contribution >= 4 is 17.3 Å². The van der Waals surface area contributed by atoms with Crippen LogP contribution in [-0.2, 0) is 6.54 Å². The van der Waals surface area contributed by atoms with Crippen molar-refractivity contribution in [3.05, 3.63) is 40.4 Å². The number of carbonyl (C=O) groups is 1. The molecule has 2 aromatic rings. The molecular formula is C18H23N3O2S. The van der Waals surface area contributed by atoms with Gasteiger partial charge in [0.05, 0.1) is 5.69 Å². The summed E-state index contributed by atoms with van der Waals surface area (Å²) in [6, 6.07) is 8.20. The Morgan fingerprint density at radius 2 is 1.88 bits per heavy atom. The van der Waals surface area contributed by atoms with Gasteiger partial charge in [0.25, 0.3) is 0 Å². The van der Waals surface area contributed by atoms with E-state index in [0.29, 0.717) is 10.6 Å². The number of benzene rings is 1. The Morgan fingerprint density at radius 3 is 2.50 bits per heavy atom. The Hall–Kier alpha value is -1.76. The molecule has 0 unspecified atom stereocenters. The molecular weight excluding hydrogens is 322 g/mol. The molecule has 1 aromatic carbocycles. The Bertz CT molecular complexity index is 721. The number of thiazole rings is 1. The Morgan fingerprint density at radius 1 is 1.21 bits per heavy atom. The van der Waals surface area contributed by atoms with Crippen molar-refractivity contribution in [3.8, 4) is 10.6 Å². The molecule has 1 fully saturated rings. The van der Waals surface area contributed by atoms with Gasteiger partial charge < -0.3 is 10.0 Å². The van der Waals surface area contributed by atoms with Crippen molar-refractivity contribution in [2.75, 3.05) is 32.7 Å². The fraction of sp³-hybridized carbons (Fsp3) is 0.444. The number of aromatic nitrogens is 1. The molecule has 24 heavy (non-hydrogen) atoms. The predicted octanol–water partition coefficient (Wildman–Crippen LogP) is 2.95. The lowest BCUT2D eigenvalue weighted by molar-refractivity contribution is 0.0701. The molecule has 1 aromatic heterocycles. The molecule has 0 amide bonds. The van der Waals surface area contributed by atoms with Crippen LogP contribution in [0.15, 0.2) is 24.3 Å². The summed E-state index contributed by atoms with van der Waals surface area (Å²) in [5.41, 5.74) is 2.86. The summed E-state index contributed by atoms with van der Waals surface area (Å²) in [5.74, 6) is -0.899. The summed E-state index contributed by atoms with van der Waals surface area (Å²) in [6.45, 7) is 10.3. The van der Waals surface area contributed by atoms with Crippen molar-refractivity contribution in [2.24, 2.45) is 0 Å². The van der Waals surface area contributed by atoms with E-state index in [-0.39, 0.29) is 0 Å². The van der Waals surface area contributed by atoms with Crippen LogP contribution in [0.4, 0.5) is 0 Å². The minimum absolute atomic E-state index is 0.330. The van der Waals surface area contributed by atoms with E-state index in [1.54, 1.807) is 6.92 Å². The number of rotatable bonds is 5. The van der Waals surface area contributed by atoms with Crippen molar-refractivity contribution in [1.29, 1.82) is 0 Å². The monoisotopic (exact) mass is 345 g/mol. The molecule has 5 nitrogen and oxygen atoms in total. The lowest BCUT2D eigenvalue weighted by Gasteiger charge is -2.34. The number of aromatic carboxylic acids is 1. The molecule has 0 radical (unpaired) electrons. The van der Waals surface area contributed by atoms with Crippen LogP contribution in [0.1, 0.15) is 27.9 Å². The number of hydrogen-bond acceptors (Lipinski definition) is 5. The van der Waals surface area contributed by atoms with Crippen LogP contribution in [-0.4, -0.2) is 58.6 Å². The van der Waals surface area contributed by atoms with Gasteiger partial charge in [0.2, 0.25) is 0 Å². The van der Waals surface area contributed by atoms with E-state index < -0.39 is 5.97 Å². The third-order valence-electron chi connectivity index (χ3n) is 4.54. The number of piperazine rings is 1. The molecule has 3 rings (SSSR count). The minimum atomic E-state index is -0.899. The third-order valence-corrected chi connectivity index (χ3v) is 5.72. The molecule has 1 aliphatic heterocycles. The van der Waals surface area contributed by atoms with Crippen LogP contribution in [0.2, 0.25) is 0 Å². The average Bonchev–Trinajstić information content (AvgIpc) is 2.98. The van der Waals surface area contributed by atoms with Gasteiger partial charge in [-0.3, -0.25) is 4.90 Å². The summed E-state index contributed by atoms with van der Waals surface area (Å²) >= 11 is 1.26. The van der Waals surface area contributed by atoms with Gasteiger partial charge in [-0.05, 0) is 19.0 Å². The topological polar surface area (TPSA) is 56.7 Å². The largest absolute Gasteiger partial charge is 0.477 e. The highest BCUT2D eigenvalue weighted by Crippen LogP contribution is 2.31.